The van der Waals surface area contributed by atoms with Gasteiger partial charge in [0.1, 0.15) is 5.60 Å². The molecule has 1 aromatic rings. The van der Waals surface area contributed by atoms with Crippen molar-refractivity contribution in [2.75, 3.05) is 20.1 Å². The molecule has 1 aliphatic heterocycles. The second-order valence-electron chi connectivity index (χ2n) is 5.39. The molecule has 112 valence electrons. The molecule has 0 aliphatic carbocycles. The van der Waals surface area contributed by atoms with Crippen LogP contribution in [0.25, 0.3) is 0 Å². The van der Waals surface area contributed by atoms with Gasteiger partial charge >= 0.3 is 5.97 Å². The highest BCUT2D eigenvalue weighted by molar-refractivity contribution is 5.85. The largest absolute Gasteiger partial charge is 0.454 e. The highest BCUT2D eigenvalue weighted by Crippen LogP contribution is 2.36. The van der Waals surface area contributed by atoms with Crippen molar-refractivity contribution >= 4 is 18.4 Å². The van der Waals surface area contributed by atoms with Gasteiger partial charge in [0.05, 0.1) is 0 Å². The molecular formula is C16H24ClNO2. The predicted octanol–water partition coefficient (Wildman–Crippen LogP) is 3.37. The van der Waals surface area contributed by atoms with Crippen molar-refractivity contribution in [1.82, 2.24) is 4.90 Å². The number of hydrogen-bond acceptors (Lipinski definition) is 3. The van der Waals surface area contributed by atoms with Crippen LogP contribution >= 0.6 is 12.4 Å². The number of piperidine rings is 1. The highest BCUT2D eigenvalue weighted by atomic mass is 35.5. The van der Waals surface area contributed by atoms with Crippen molar-refractivity contribution < 1.29 is 9.53 Å². The van der Waals surface area contributed by atoms with Crippen LogP contribution in [-0.2, 0) is 15.1 Å². The second kappa shape index (κ2) is 7.65. The molecule has 0 N–H and O–H groups in total. The zero-order chi connectivity index (χ0) is 13.7. The van der Waals surface area contributed by atoms with E-state index in [1.54, 1.807) is 0 Å². The van der Waals surface area contributed by atoms with Crippen molar-refractivity contribution in [3.63, 3.8) is 0 Å². The smallest absolute Gasteiger partial charge is 0.306 e. The Balaban J connectivity index is 0.00000200. The Morgan fingerprint density at radius 1 is 1.25 bits per heavy atom. The number of benzene rings is 1. The van der Waals surface area contributed by atoms with Crippen molar-refractivity contribution in [2.24, 2.45) is 0 Å². The Labute approximate surface area is 127 Å². The molecule has 0 aromatic heterocycles. The normalized spacial score (nSPS) is 18.1. The van der Waals surface area contributed by atoms with Crippen LogP contribution in [0.4, 0.5) is 0 Å². The molecule has 1 aromatic carbocycles. The molecule has 1 saturated heterocycles. The van der Waals surface area contributed by atoms with Crippen LogP contribution in [0.2, 0.25) is 0 Å². The summed E-state index contributed by atoms with van der Waals surface area (Å²) in [7, 11) is 2.11. The number of hydrogen-bond donors (Lipinski definition) is 0. The highest BCUT2D eigenvalue weighted by Gasteiger charge is 2.38. The number of esters is 1. The molecule has 20 heavy (non-hydrogen) atoms. The van der Waals surface area contributed by atoms with Crippen molar-refractivity contribution in [3.8, 4) is 0 Å². The molecule has 0 bridgehead atoms. The van der Waals surface area contributed by atoms with E-state index in [2.05, 4.69) is 24.1 Å². The van der Waals surface area contributed by atoms with Crippen molar-refractivity contribution in [3.05, 3.63) is 35.9 Å². The van der Waals surface area contributed by atoms with E-state index in [1.807, 2.05) is 25.1 Å². The van der Waals surface area contributed by atoms with Gasteiger partial charge in [0, 0.05) is 32.4 Å². The fourth-order valence-corrected chi connectivity index (χ4v) is 2.64. The van der Waals surface area contributed by atoms with Gasteiger partial charge in [-0.05, 0) is 19.0 Å². The van der Waals surface area contributed by atoms with E-state index >= 15 is 0 Å². The van der Waals surface area contributed by atoms with Gasteiger partial charge in [-0.25, -0.2) is 0 Å². The molecule has 0 saturated carbocycles. The standard InChI is InChI=1S/C16H23NO2.ClH/c1-3-7-15(18)19-16(10-12-17(2)13-11-16)14-8-5-4-6-9-14;/h4-6,8-9H,3,7,10-13H2,1-2H3;1H. The van der Waals surface area contributed by atoms with Crippen LogP contribution in [0, 0.1) is 0 Å². The summed E-state index contributed by atoms with van der Waals surface area (Å²) in [6.45, 7) is 3.94. The maximum Gasteiger partial charge on any atom is 0.306 e. The third kappa shape index (κ3) is 3.97. The van der Waals surface area contributed by atoms with Gasteiger partial charge in [-0.15, -0.1) is 12.4 Å². The number of carbonyl (C=O) groups is 1. The number of carbonyl (C=O) groups excluding carboxylic acids is 1. The lowest BCUT2D eigenvalue weighted by molar-refractivity contribution is -0.166. The lowest BCUT2D eigenvalue weighted by Crippen LogP contribution is -2.43. The van der Waals surface area contributed by atoms with Gasteiger partial charge < -0.3 is 9.64 Å². The minimum absolute atomic E-state index is 0. The van der Waals surface area contributed by atoms with Crippen LogP contribution < -0.4 is 0 Å². The third-order valence-electron chi connectivity index (χ3n) is 3.86. The first-order chi connectivity index (χ1) is 9.16. The summed E-state index contributed by atoms with van der Waals surface area (Å²) in [4.78, 5) is 14.2. The Morgan fingerprint density at radius 3 is 2.40 bits per heavy atom. The molecule has 3 nitrogen and oxygen atoms in total. The number of rotatable bonds is 4. The van der Waals surface area contributed by atoms with Gasteiger partial charge in [-0.2, -0.15) is 0 Å². The monoisotopic (exact) mass is 297 g/mol. The van der Waals surface area contributed by atoms with E-state index in [9.17, 15) is 4.79 Å². The van der Waals surface area contributed by atoms with E-state index in [1.165, 1.54) is 0 Å². The summed E-state index contributed by atoms with van der Waals surface area (Å²) in [5.41, 5.74) is 0.715. The fourth-order valence-electron chi connectivity index (χ4n) is 2.64. The zero-order valence-corrected chi connectivity index (χ0v) is 13.1. The Hall–Kier alpha value is -1.06. The maximum atomic E-state index is 11.9. The molecule has 2 rings (SSSR count). The Kier molecular flexibility index (Phi) is 6.50. The first-order valence-electron chi connectivity index (χ1n) is 7.12. The molecule has 4 heteroatoms. The van der Waals surface area contributed by atoms with E-state index < -0.39 is 5.60 Å². The molecule has 1 fully saturated rings. The van der Waals surface area contributed by atoms with E-state index in [0.29, 0.717) is 6.42 Å². The number of likely N-dealkylation sites (tertiary alicyclic amines) is 1. The fraction of sp³-hybridized carbons (Fsp3) is 0.562. The zero-order valence-electron chi connectivity index (χ0n) is 12.3. The Bertz CT molecular complexity index is 414. The average Bonchev–Trinajstić information content (AvgIpc) is 2.43. The third-order valence-corrected chi connectivity index (χ3v) is 3.86. The van der Waals surface area contributed by atoms with Crippen molar-refractivity contribution in [2.45, 2.75) is 38.2 Å². The van der Waals surface area contributed by atoms with Gasteiger partial charge in [0.2, 0.25) is 0 Å². The molecule has 1 heterocycles. The molecule has 0 amide bonds. The quantitative estimate of drug-likeness (QED) is 0.798. The number of ether oxygens (including phenoxy) is 1. The second-order valence-corrected chi connectivity index (χ2v) is 5.39. The van der Waals surface area contributed by atoms with Crippen LogP contribution in [-0.4, -0.2) is 31.0 Å². The van der Waals surface area contributed by atoms with Crippen molar-refractivity contribution in [1.29, 1.82) is 0 Å². The van der Waals surface area contributed by atoms with Gasteiger partial charge in [0.15, 0.2) is 0 Å². The predicted molar refractivity (Wildman–Crippen MR) is 83.1 cm³/mol. The summed E-state index contributed by atoms with van der Waals surface area (Å²) in [6, 6.07) is 10.2. The summed E-state index contributed by atoms with van der Waals surface area (Å²) in [5.74, 6) is -0.0732. The first-order valence-corrected chi connectivity index (χ1v) is 7.12. The van der Waals surface area contributed by atoms with Crippen LogP contribution in [0.15, 0.2) is 30.3 Å². The number of nitrogens with zero attached hydrogens (tertiary/aromatic N) is 1. The summed E-state index contributed by atoms with van der Waals surface area (Å²) in [5, 5.41) is 0. The molecule has 0 atom stereocenters. The minimum Gasteiger partial charge on any atom is -0.454 e. The molecule has 0 spiro atoms. The first kappa shape index (κ1) is 17.0. The molecule has 0 unspecified atom stereocenters. The molecular weight excluding hydrogens is 274 g/mol. The number of halogens is 1. The van der Waals surface area contributed by atoms with Crippen LogP contribution in [0.5, 0.6) is 0 Å². The van der Waals surface area contributed by atoms with E-state index in [0.717, 1.165) is 37.9 Å². The minimum atomic E-state index is -0.417. The SMILES string of the molecule is CCCC(=O)OC1(c2ccccc2)CCN(C)CC1.Cl. The lowest BCUT2D eigenvalue weighted by atomic mass is 9.84. The Morgan fingerprint density at radius 2 is 1.85 bits per heavy atom. The van der Waals surface area contributed by atoms with Crippen LogP contribution in [0.1, 0.15) is 38.2 Å². The summed E-state index contributed by atoms with van der Waals surface area (Å²) < 4.78 is 5.89. The topological polar surface area (TPSA) is 29.5 Å². The van der Waals surface area contributed by atoms with Crippen LogP contribution in [0.3, 0.4) is 0 Å². The van der Waals surface area contributed by atoms with E-state index in [4.69, 9.17) is 4.74 Å². The van der Waals surface area contributed by atoms with Gasteiger partial charge in [0.25, 0.3) is 0 Å². The molecule has 1 aliphatic rings. The van der Waals surface area contributed by atoms with Gasteiger partial charge in [-0.3, -0.25) is 4.79 Å². The lowest BCUT2D eigenvalue weighted by Gasteiger charge is -2.40. The average molecular weight is 298 g/mol. The summed E-state index contributed by atoms with van der Waals surface area (Å²) >= 11 is 0. The molecule has 0 radical (unpaired) electrons. The maximum absolute atomic E-state index is 11.9. The van der Waals surface area contributed by atoms with Gasteiger partial charge in [-0.1, -0.05) is 37.3 Å². The summed E-state index contributed by atoms with van der Waals surface area (Å²) in [6.07, 6.45) is 3.10. The van der Waals surface area contributed by atoms with E-state index in [-0.39, 0.29) is 18.4 Å².